The van der Waals surface area contributed by atoms with Gasteiger partial charge in [-0.15, -0.1) is 11.3 Å². The van der Waals surface area contributed by atoms with E-state index in [-0.39, 0.29) is 6.61 Å². The first-order valence-electron chi connectivity index (χ1n) is 10.2. The molecule has 3 aromatic heterocycles. The molecule has 1 atom stereocenters. The molecule has 0 aliphatic carbocycles. The average molecular weight is 449 g/mol. The third-order valence-corrected chi connectivity index (χ3v) is 8.27. The maximum atomic E-state index is 12.6. The van der Waals surface area contributed by atoms with Crippen LogP contribution < -0.4 is 5.63 Å². The van der Waals surface area contributed by atoms with Crippen molar-refractivity contribution in [2.24, 2.45) is 0 Å². The molecule has 0 fully saturated rings. The summed E-state index contributed by atoms with van der Waals surface area (Å²) in [6.45, 7) is 10.1. The molecule has 0 spiro atoms. The first-order valence-corrected chi connectivity index (χ1v) is 14.7. The largest absolute Gasteiger partial charge is 0.423 e. The molecule has 7 nitrogen and oxygen atoms in total. The van der Waals surface area contributed by atoms with Crippen LogP contribution in [0.4, 0.5) is 0 Å². The summed E-state index contributed by atoms with van der Waals surface area (Å²) in [5, 5.41) is 15.1. The second-order valence-electron chi connectivity index (χ2n) is 9.15. The van der Waals surface area contributed by atoms with Crippen molar-refractivity contribution in [1.82, 2.24) is 9.78 Å². The van der Waals surface area contributed by atoms with Gasteiger partial charge in [-0.2, -0.15) is 5.10 Å². The monoisotopic (exact) mass is 448 g/mol. The molecule has 4 rings (SSSR count). The van der Waals surface area contributed by atoms with Gasteiger partial charge in [-0.3, -0.25) is 0 Å². The zero-order chi connectivity index (χ0) is 21.5. The molecule has 0 bridgehead atoms. The molecule has 1 aliphatic heterocycles. The van der Waals surface area contributed by atoms with E-state index in [1.165, 1.54) is 11.3 Å². The highest BCUT2D eigenvalue weighted by atomic mass is 32.1. The summed E-state index contributed by atoms with van der Waals surface area (Å²) in [6.07, 6.45) is 4.38. The Bertz CT molecular complexity index is 1110. The Morgan fingerprint density at radius 2 is 2.20 bits per heavy atom. The third kappa shape index (κ3) is 4.17. The molecule has 3 aromatic rings. The van der Waals surface area contributed by atoms with E-state index in [0.717, 1.165) is 34.0 Å². The Labute approximate surface area is 180 Å². The Morgan fingerprint density at radius 3 is 2.93 bits per heavy atom. The molecule has 0 aromatic carbocycles. The summed E-state index contributed by atoms with van der Waals surface area (Å²) in [4.78, 5) is 13.6. The first-order chi connectivity index (χ1) is 14.2. The van der Waals surface area contributed by atoms with Gasteiger partial charge in [-0.05, 0) is 25.5 Å². The van der Waals surface area contributed by atoms with E-state index in [1.54, 1.807) is 17.8 Å². The van der Waals surface area contributed by atoms with Gasteiger partial charge >= 0.3 is 5.63 Å². The number of ether oxygens (including phenoxy) is 2. The number of fused-ring (bicyclic) bond motifs is 3. The van der Waals surface area contributed by atoms with Crippen molar-refractivity contribution >= 4 is 29.5 Å². The zero-order valence-electron chi connectivity index (χ0n) is 17.9. The van der Waals surface area contributed by atoms with Gasteiger partial charge in [0, 0.05) is 42.3 Å². The van der Waals surface area contributed by atoms with Crippen LogP contribution in [0.15, 0.2) is 27.7 Å². The van der Waals surface area contributed by atoms with Crippen molar-refractivity contribution in [3.63, 3.8) is 0 Å². The molecule has 9 heteroatoms. The van der Waals surface area contributed by atoms with Gasteiger partial charge < -0.3 is 19.0 Å². The van der Waals surface area contributed by atoms with E-state index in [0.29, 0.717) is 30.2 Å². The SMILES string of the molecule is CC1(CO)OCCc2c1oc(=O)c1sc(-c3cnn(COCC[Si](C)(C)C)c3)cc21. The van der Waals surface area contributed by atoms with Crippen molar-refractivity contribution in [2.45, 2.75) is 51.4 Å². The van der Waals surface area contributed by atoms with Crippen molar-refractivity contribution in [2.75, 3.05) is 19.8 Å². The van der Waals surface area contributed by atoms with Gasteiger partial charge in [-0.25, -0.2) is 9.48 Å². The number of aliphatic hydroxyl groups is 1. The molecule has 0 saturated heterocycles. The summed E-state index contributed by atoms with van der Waals surface area (Å²) in [5.74, 6) is 0.435. The van der Waals surface area contributed by atoms with Crippen molar-refractivity contribution in [3.8, 4) is 10.4 Å². The Hall–Kier alpha value is -1.78. The van der Waals surface area contributed by atoms with Crippen LogP contribution in [0.2, 0.25) is 25.7 Å². The lowest BCUT2D eigenvalue weighted by Crippen LogP contribution is -2.37. The summed E-state index contributed by atoms with van der Waals surface area (Å²) in [6, 6.07) is 3.14. The molecule has 0 amide bonds. The fourth-order valence-electron chi connectivity index (χ4n) is 3.57. The van der Waals surface area contributed by atoms with Gasteiger partial charge in [-0.1, -0.05) is 19.6 Å². The quantitative estimate of drug-likeness (QED) is 0.437. The smallest absolute Gasteiger partial charge is 0.354 e. The summed E-state index contributed by atoms with van der Waals surface area (Å²) in [5.41, 5.74) is 0.501. The number of aromatic nitrogens is 2. The topological polar surface area (TPSA) is 86.7 Å². The fraction of sp³-hybridized carbons (Fsp3) is 0.524. The molecular formula is C21H28N2O5SSi. The average Bonchev–Trinajstić information content (AvgIpc) is 3.33. The van der Waals surface area contributed by atoms with E-state index >= 15 is 0 Å². The lowest BCUT2D eigenvalue weighted by Gasteiger charge is -2.32. The number of hydrogen-bond acceptors (Lipinski definition) is 7. The third-order valence-electron chi connectivity index (χ3n) is 5.40. The highest BCUT2D eigenvalue weighted by Gasteiger charge is 2.37. The highest BCUT2D eigenvalue weighted by Crippen LogP contribution is 2.39. The fourth-order valence-corrected chi connectivity index (χ4v) is 5.36. The lowest BCUT2D eigenvalue weighted by atomic mass is 9.93. The lowest BCUT2D eigenvalue weighted by molar-refractivity contribution is -0.0956. The van der Waals surface area contributed by atoms with E-state index in [9.17, 15) is 9.90 Å². The van der Waals surface area contributed by atoms with Crippen LogP contribution in [0.5, 0.6) is 0 Å². The van der Waals surface area contributed by atoms with Crippen LogP contribution in [0.1, 0.15) is 18.2 Å². The Balaban J connectivity index is 1.60. The predicted molar refractivity (Wildman–Crippen MR) is 120 cm³/mol. The van der Waals surface area contributed by atoms with Crippen LogP contribution >= 0.6 is 11.3 Å². The van der Waals surface area contributed by atoms with Gasteiger partial charge in [0.1, 0.15) is 22.8 Å². The van der Waals surface area contributed by atoms with Crippen LogP contribution in [-0.2, 0) is 28.2 Å². The van der Waals surface area contributed by atoms with Gasteiger partial charge in [0.15, 0.2) is 0 Å². The van der Waals surface area contributed by atoms with Gasteiger partial charge in [0.25, 0.3) is 0 Å². The molecule has 1 aliphatic rings. The second-order valence-corrected chi connectivity index (χ2v) is 15.8. The van der Waals surface area contributed by atoms with Crippen LogP contribution in [0.25, 0.3) is 20.5 Å². The molecule has 30 heavy (non-hydrogen) atoms. The minimum absolute atomic E-state index is 0.240. The summed E-state index contributed by atoms with van der Waals surface area (Å²) in [7, 11) is -1.11. The van der Waals surface area contributed by atoms with E-state index < -0.39 is 19.3 Å². The molecule has 1 unspecified atom stereocenters. The number of thiophene rings is 1. The number of nitrogens with zero attached hydrogens (tertiary/aromatic N) is 2. The Kier molecular flexibility index (Phi) is 5.75. The van der Waals surface area contributed by atoms with Gasteiger partial charge in [0.2, 0.25) is 0 Å². The number of rotatable bonds is 7. The van der Waals surface area contributed by atoms with Crippen LogP contribution in [-0.4, -0.2) is 42.8 Å². The minimum atomic E-state index is -1.11. The second kappa shape index (κ2) is 8.05. The maximum Gasteiger partial charge on any atom is 0.354 e. The molecular weight excluding hydrogens is 420 g/mol. The Morgan fingerprint density at radius 1 is 1.40 bits per heavy atom. The van der Waals surface area contributed by atoms with Crippen LogP contribution in [0, 0.1) is 0 Å². The van der Waals surface area contributed by atoms with Crippen molar-refractivity contribution < 1.29 is 19.0 Å². The van der Waals surface area contributed by atoms with E-state index in [1.807, 2.05) is 12.3 Å². The summed E-state index contributed by atoms with van der Waals surface area (Å²) < 4.78 is 19.4. The zero-order valence-corrected chi connectivity index (χ0v) is 19.7. The normalized spacial score (nSPS) is 19.4. The number of hydrogen-bond donors (Lipinski definition) is 1. The molecule has 1 N–H and O–H groups in total. The standard InChI is InChI=1S/C21H28N2O5SSi/c1-21(12-24)19-15(5-6-27-21)16-9-17(29-18(16)20(25)28-19)14-10-22-23(11-14)13-26-7-8-30(2,3)4/h9-11,24H,5-8,12-13H2,1-4H3. The van der Waals surface area contributed by atoms with Gasteiger partial charge in [0.05, 0.1) is 19.4 Å². The van der Waals surface area contributed by atoms with E-state index in [4.69, 9.17) is 13.9 Å². The molecule has 0 radical (unpaired) electrons. The maximum absolute atomic E-state index is 12.6. The predicted octanol–water partition coefficient (Wildman–Crippen LogP) is 3.81. The highest BCUT2D eigenvalue weighted by molar-refractivity contribution is 7.22. The van der Waals surface area contributed by atoms with E-state index in [2.05, 4.69) is 24.7 Å². The summed E-state index contributed by atoms with van der Waals surface area (Å²) >= 11 is 1.40. The number of aliphatic hydroxyl groups excluding tert-OH is 1. The van der Waals surface area contributed by atoms with Crippen LogP contribution in [0.3, 0.4) is 0 Å². The first kappa shape index (κ1) is 21.4. The molecule has 162 valence electrons. The molecule has 4 heterocycles. The van der Waals surface area contributed by atoms with Crippen molar-refractivity contribution in [1.29, 1.82) is 0 Å². The molecule has 0 saturated carbocycles. The minimum Gasteiger partial charge on any atom is -0.423 e. The van der Waals surface area contributed by atoms with Crippen molar-refractivity contribution in [3.05, 3.63) is 40.2 Å².